The summed E-state index contributed by atoms with van der Waals surface area (Å²) in [6.45, 7) is 2.83. The molecule has 3 nitrogen and oxygen atoms in total. The highest BCUT2D eigenvalue weighted by molar-refractivity contribution is 6.30. The molecule has 0 saturated heterocycles. The van der Waals surface area contributed by atoms with Crippen LogP contribution in [0.3, 0.4) is 0 Å². The van der Waals surface area contributed by atoms with Gasteiger partial charge >= 0.3 is 0 Å². The van der Waals surface area contributed by atoms with Crippen LogP contribution in [0.15, 0.2) is 18.2 Å². The van der Waals surface area contributed by atoms with Gasteiger partial charge in [-0.15, -0.1) is 0 Å². The molecule has 17 heavy (non-hydrogen) atoms. The molecule has 1 N–H and O–H groups in total. The molecule has 5 heteroatoms. The average Bonchev–Trinajstić information content (AvgIpc) is 2.33. The number of carbonyl (C=O) groups excluding carboxylic acids is 1. The summed E-state index contributed by atoms with van der Waals surface area (Å²) in [5.74, 6) is -0.854. The van der Waals surface area contributed by atoms with E-state index >= 15 is 0 Å². The summed E-state index contributed by atoms with van der Waals surface area (Å²) in [6.07, 6.45) is 0.510. The van der Waals surface area contributed by atoms with Gasteiger partial charge in [0.05, 0.1) is 5.02 Å². The molecule has 0 radical (unpaired) electrons. The van der Waals surface area contributed by atoms with E-state index in [0.717, 1.165) is 6.07 Å². The molecule has 94 valence electrons. The smallest absolute Gasteiger partial charge is 0.253 e. The SMILES string of the molecule is CCN(CCCO)C(=O)c1ccc(Cl)c(F)c1. The largest absolute Gasteiger partial charge is 0.396 e. The maximum Gasteiger partial charge on any atom is 0.253 e. The van der Waals surface area contributed by atoms with Crippen LogP contribution in [0.4, 0.5) is 4.39 Å². The normalized spacial score (nSPS) is 10.4. The topological polar surface area (TPSA) is 40.5 Å². The van der Waals surface area contributed by atoms with E-state index in [0.29, 0.717) is 19.5 Å². The van der Waals surface area contributed by atoms with Crippen molar-refractivity contribution in [1.29, 1.82) is 0 Å². The minimum Gasteiger partial charge on any atom is -0.396 e. The van der Waals surface area contributed by atoms with Crippen LogP contribution in [0.5, 0.6) is 0 Å². The number of benzene rings is 1. The number of hydrogen-bond acceptors (Lipinski definition) is 2. The summed E-state index contributed by atoms with van der Waals surface area (Å²) in [6, 6.07) is 3.99. The summed E-state index contributed by atoms with van der Waals surface area (Å²) in [4.78, 5) is 13.5. The fraction of sp³-hybridized carbons (Fsp3) is 0.417. The molecule has 0 unspecified atom stereocenters. The van der Waals surface area contributed by atoms with Gasteiger partial charge in [0, 0.05) is 25.3 Å². The highest BCUT2D eigenvalue weighted by Gasteiger charge is 2.15. The lowest BCUT2D eigenvalue weighted by Gasteiger charge is -2.20. The van der Waals surface area contributed by atoms with Crippen LogP contribution in [-0.2, 0) is 0 Å². The highest BCUT2D eigenvalue weighted by Crippen LogP contribution is 2.16. The van der Waals surface area contributed by atoms with Gasteiger partial charge in [0.15, 0.2) is 0 Å². The van der Waals surface area contributed by atoms with E-state index in [1.54, 1.807) is 4.90 Å². The second-order valence-electron chi connectivity index (χ2n) is 3.59. The van der Waals surface area contributed by atoms with Gasteiger partial charge in [0.2, 0.25) is 0 Å². The number of nitrogens with zero attached hydrogens (tertiary/aromatic N) is 1. The summed E-state index contributed by atoms with van der Waals surface area (Å²) < 4.78 is 13.2. The van der Waals surface area contributed by atoms with E-state index in [9.17, 15) is 9.18 Å². The van der Waals surface area contributed by atoms with Crippen LogP contribution < -0.4 is 0 Å². The number of aliphatic hydroxyl groups excluding tert-OH is 1. The Labute approximate surface area is 105 Å². The molecule has 1 aromatic carbocycles. The monoisotopic (exact) mass is 259 g/mol. The zero-order valence-electron chi connectivity index (χ0n) is 9.62. The van der Waals surface area contributed by atoms with Crippen molar-refractivity contribution < 1.29 is 14.3 Å². The number of amides is 1. The third kappa shape index (κ3) is 3.68. The van der Waals surface area contributed by atoms with Crippen molar-refractivity contribution in [2.45, 2.75) is 13.3 Å². The van der Waals surface area contributed by atoms with Gasteiger partial charge in [-0.05, 0) is 31.5 Å². The fourth-order valence-corrected chi connectivity index (χ4v) is 1.59. The molecule has 0 bridgehead atoms. The summed E-state index contributed by atoms with van der Waals surface area (Å²) in [7, 11) is 0. The molecule has 1 aromatic rings. The van der Waals surface area contributed by atoms with Gasteiger partial charge in [-0.3, -0.25) is 4.79 Å². The zero-order valence-corrected chi connectivity index (χ0v) is 10.4. The first-order valence-corrected chi connectivity index (χ1v) is 5.83. The molecule has 0 spiro atoms. The van der Waals surface area contributed by atoms with Crippen LogP contribution in [-0.4, -0.2) is 35.6 Å². The number of carbonyl (C=O) groups is 1. The molecule has 0 aromatic heterocycles. The number of halogens is 2. The van der Waals surface area contributed by atoms with E-state index in [1.807, 2.05) is 6.92 Å². The van der Waals surface area contributed by atoms with Gasteiger partial charge in [0.1, 0.15) is 5.82 Å². The first-order chi connectivity index (χ1) is 8.10. The lowest BCUT2D eigenvalue weighted by atomic mass is 10.2. The number of aliphatic hydroxyl groups is 1. The van der Waals surface area contributed by atoms with Crippen molar-refractivity contribution in [2.75, 3.05) is 19.7 Å². The lowest BCUT2D eigenvalue weighted by Crippen LogP contribution is -2.32. The Bertz CT molecular complexity index is 398. The summed E-state index contributed by atoms with van der Waals surface area (Å²) in [5, 5.41) is 8.73. The van der Waals surface area contributed by atoms with Gasteiger partial charge in [-0.1, -0.05) is 11.6 Å². The van der Waals surface area contributed by atoms with Gasteiger partial charge in [-0.2, -0.15) is 0 Å². The first-order valence-electron chi connectivity index (χ1n) is 5.45. The van der Waals surface area contributed by atoms with Crippen LogP contribution in [0, 0.1) is 5.82 Å². The molecule has 0 heterocycles. The van der Waals surface area contributed by atoms with E-state index in [1.165, 1.54) is 12.1 Å². The molecule has 0 fully saturated rings. The third-order valence-electron chi connectivity index (χ3n) is 2.42. The van der Waals surface area contributed by atoms with Crippen molar-refractivity contribution in [3.63, 3.8) is 0 Å². The standard InChI is InChI=1S/C12H15ClFNO2/c1-2-15(6-3-7-16)12(17)9-4-5-10(13)11(14)8-9/h4-5,8,16H,2-3,6-7H2,1H3. The summed E-state index contributed by atoms with van der Waals surface area (Å²) in [5.41, 5.74) is 0.270. The maximum absolute atomic E-state index is 13.2. The third-order valence-corrected chi connectivity index (χ3v) is 2.73. The van der Waals surface area contributed by atoms with Crippen LogP contribution in [0.25, 0.3) is 0 Å². The lowest BCUT2D eigenvalue weighted by molar-refractivity contribution is 0.0754. The molecular formula is C12H15ClFNO2. The van der Waals surface area contributed by atoms with Gasteiger partial charge < -0.3 is 10.0 Å². The molecule has 0 atom stereocenters. The number of hydrogen-bond donors (Lipinski definition) is 1. The first kappa shape index (κ1) is 13.9. The zero-order chi connectivity index (χ0) is 12.8. The van der Waals surface area contributed by atoms with E-state index in [-0.39, 0.29) is 23.1 Å². The summed E-state index contributed by atoms with van der Waals surface area (Å²) >= 11 is 5.55. The average molecular weight is 260 g/mol. The van der Waals surface area contributed by atoms with Crippen LogP contribution >= 0.6 is 11.6 Å². The predicted molar refractivity (Wildman–Crippen MR) is 64.7 cm³/mol. The van der Waals surface area contributed by atoms with Gasteiger partial charge in [0.25, 0.3) is 5.91 Å². The molecule has 1 rings (SSSR count). The maximum atomic E-state index is 13.2. The Morgan fingerprint density at radius 1 is 1.53 bits per heavy atom. The molecule has 0 aliphatic rings. The van der Waals surface area contributed by atoms with Gasteiger partial charge in [-0.25, -0.2) is 4.39 Å². The molecule has 0 aliphatic heterocycles. The van der Waals surface area contributed by atoms with Crippen molar-refractivity contribution in [3.05, 3.63) is 34.6 Å². The van der Waals surface area contributed by atoms with Crippen LogP contribution in [0.1, 0.15) is 23.7 Å². The van der Waals surface area contributed by atoms with Crippen molar-refractivity contribution in [1.82, 2.24) is 4.90 Å². The van der Waals surface area contributed by atoms with Crippen LogP contribution in [0.2, 0.25) is 5.02 Å². The highest BCUT2D eigenvalue weighted by atomic mass is 35.5. The van der Waals surface area contributed by atoms with E-state index < -0.39 is 5.82 Å². The Balaban J connectivity index is 2.82. The molecule has 0 aliphatic carbocycles. The Morgan fingerprint density at radius 3 is 2.76 bits per heavy atom. The Morgan fingerprint density at radius 2 is 2.24 bits per heavy atom. The Kier molecular flexibility index (Phi) is 5.38. The van der Waals surface area contributed by atoms with E-state index in [2.05, 4.69) is 0 Å². The molecular weight excluding hydrogens is 245 g/mol. The van der Waals surface area contributed by atoms with Crippen molar-refractivity contribution in [2.24, 2.45) is 0 Å². The predicted octanol–water partition coefficient (Wildman–Crippen LogP) is 2.32. The minimum absolute atomic E-state index is 0.0000401. The quantitative estimate of drug-likeness (QED) is 0.882. The van der Waals surface area contributed by atoms with Crippen molar-refractivity contribution in [3.8, 4) is 0 Å². The van der Waals surface area contributed by atoms with Crippen molar-refractivity contribution >= 4 is 17.5 Å². The molecule has 1 amide bonds. The van der Waals surface area contributed by atoms with E-state index in [4.69, 9.17) is 16.7 Å². The number of rotatable bonds is 5. The molecule has 0 saturated carbocycles. The Hall–Kier alpha value is -1.13. The fourth-order valence-electron chi connectivity index (χ4n) is 1.48. The second kappa shape index (κ2) is 6.57. The second-order valence-corrected chi connectivity index (χ2v) is 4.00. The minimum atomic E-state index is -0.601.